The topological polar surface area (TPSA) is 111 Å². The summed E-state index contributed by atoms with van der Waals surface area (Å²) in [6.45, 7) is 3.13. The van der Waals surface area contributed by atoms with Crippen LogP contribution in [-0.2, 0) is 4.57 Å². The summed E-state index contributed by atoms with van der Waals surface area (Å²) in [5.74, 6) is -0.277. The number of halogens is 5. The molecule has 1 unspecified atom stereocenters. The van der Waals surface area contributed by atoms with E-state index in [1.54, 1.807) is 0 Å². The van der Waals surface area contributed by atoms with Crippen molar-refractivity contribution < 1.29 is 14.0 Å². The molecular weight excluding hydrogens is 418 g/mol. The van der Waals surface area contributed by atoms with Gasteiger partial charge in [0.05, 0.1) is 15.1 Å². The molecule has 0 spiro atoms. The van der Waals surface area contributed by atoms with Crippen LogP contribution in [0.1, 0.15) is 0 Å². The molecule has 1 atom stereocenters. The highest BCUT2D eigenvalue weighted by molar-refractivity contribution is 7.32. The average molecular weight is 432 g/mol. The van der Waals surface area contributed by atoms with Crippen molar-refractivity contribution in [3.63, 3.8) is 0 Å². The van der Waals surface area contributed by atoms with Gasteiger partial charge < -0.3 is 16.8 Å². The fraction of sp³-hybridized carbons (Fsp3) is 0.400. The Bertz CT molecular complexity index is 488. The third kappa shape index (κ3) is 7.32. The first-order chi connectivity index (χ1) is 10.3. The van der Waals surface area contributed by atoms with E-state index in [4.69, 9.17) is 74.4 Å². The van der Waals surface area contributed by atoms with Gasteiger partial charge in [0.1, 0.15) is 10.0 Å². The van der Waals surface area contributed by atoms with Gasteiger partial charge in [0.2, 0.25) is 5.75 Å². The number of nitrogens with one attached hydrogen (secondary N) is 1. The molecule has 0 aromatic heterocycles. The first-order valence-electron chi connectivity index (χ1n) is 5.74. The second-order valence-electron chi connectivity index (χ2n) is 3.56. The Kier molecular flexibility index (Phi) is 12.1. The van der Waals surface area contributed by atoms with E-state index in [1.807, 2.05) is 0 Å². The molecule has 1 rings (SSSR count). The Labute approximate surface area is 153 Å². The van der Waals surface area contributed by atoms with Gasteiger partial charge in [0.15, 0.2) is 0 Å². The molecule has 0 bridgehead atoms. The molecule has 0 heterocycles. The zero-order valence-corrected chi connectivity index (χ0v) is 15.8. The molecule has 0 aliphatic heterocycles. The number of hydrogen-bond donors (Lipinski definition) is 4. The van der Waals surface area contributed by atoms with Crippen LogP contribution in [-0.4, -0.2) is 31.1 Å². The number of benzene rings is 1. The van der Waals surface area contributed by atoms with Gasteiger partial charge in [-0.2, -0.15) is 0 Å². The predicted molar refractivity (Wildman–Crippen MR) is 92.9 cm³/mol. The van der Waals surface area contributed by atoms with Crippen LogP contribution in [0.5, 0.6) is 5.75 Å². The van der Waals surface area contributed by atoms with Crippen molar-refractivity contribution in [2.75, 3.05) is 26.2 Å². The number of hydrogen-bond acceptors (Lipinski definition) is 5. The van der Waals surface area contributed by atoms with E-state index >= 15 is 0 Å². The van der Waals surface area contributed by atoms with E-state index in [0.717, 1.165) is 13.1 Å². The van der Waals surface area contributed by atoms with Gasteiger partial charge in [-0.05, 0) is 0 Å². The Morgan fingerprint density at radius 3 is 1.59 bits per heavy atom. The highest BCUT2D eigenvalue weighted by Crippen LogP contribution is 2.49. The second-order valence-corrected chi connectivity index (χ2v) is 6.10. The minimum atomic E-state index is -2.92. The smallest absolute Gasteiger partial charge is 0.329 e. The van der Waals surface area contributed by atoms with Gasteiger partial charge in [-0.3, -0.25) is 0 Å². The van der Waals surface area contributed by atoms with E-state index < -0.39 is 8.25 Å². The monoisotopic (exact) mass is 430 g/mol. The van der Waals surface area contributed by atoms with Crippen LogP contribution < -0.4 is 21.3 Å². The molecular formula is C10H14Cl5N3O3P+. The van der Waals surface area contributed by atoms with Crippen molar-refractivity contribution in [3.05, 3.63) is 25.1 Å². The van der Waals surface area contributed by atoms with Gasteiger partial charge in [-0.1, -0.05) is 58.0 Å². The molecule has 12 heteroatoms. The lowest BCUT2D eigenvalue weighted by molar-refractivity contribution is 0.410. The molecule has 0 saturated carbocycles. The molecule has 6 nitrogen and oxygen atoms in total. The predicted octanol–water partition coefficient (Wildman–Crippen LogP) is 3.48. The van der Waals surface area contributed by atoms with Gasteiger partial charge in [0.25, 0.3) is 0 Å². The summed E-state index contributed by atoms with van der Waals surface area (Å²) in [6, 6.07) is 0. The molecule has 0 aliphatic rings. The van der Waals surface area contributed by atoms with Crippen molar-refractivity contribution >= 4 is 66.3 Å². The fourth-order valence-corrected chi connectivity index (χ4v) is 2.72. The molecule has 0 aliphatic carbocycles. The van der Waals surface area contributed by atoms with Crippen molar-refractivity contribution in [1.29, 1.82) is 0 Å². The summed E-state index contributed by atoms with van der Waals surface area (Å²) in [5.41, 5.74) is 10.3. The van der Waals surface area contributed by atoms with Crippen LogP contribution in [0.25, 0.3) is 0 Å². The van der Waals surface area contributed by atoms with Gasteiger partial charge in [-0.15, -0.1) is 4.89 Å². The van der Waals surface area contributed by atoms with Crippen LogP contribution in [0.15, 0.2) is 0 Å². The van der Waals surface area contributed by atoms with Crippen molar-refractivity contribution in [2.24, 2.45) is 11.5 Å². The van der Waals surface area contributed by atoms with Gasteiger partial charge in [-0.25, -0.2) is 4.52 Å². The minimum absolute atomic E-state index is 0.0474. The molecule has 0 amide bonds. The normalized spacial score (nSPS) is 10.8. The summed E-state index contributed by atoms with van der Waals surface area (Å²) >= 11 is 28.4. The number of nitrogens with two attached hydrogens (primary N) is 2. The van der Waals surface area contributed by atoms with E-state index in [2.05, 4.69) is 9.84 Å². The largest absolute Gasteiger partial charge is 0.747 e. The van der Waals surface area contributed by atoms with E-state index in [9.17, 15) is 4.57 Å². The maximum absolute atomic E-state index is 10.5. The van der Waals surface area contributed by atoms with E-state index in [-0.39, 0.29) is 30.9 Å². The standard InChI is InChI=1S/C6Cl5O3P.C4H13N3/c7-1-2(8)4(10)6(14-15(12)13)5(11)3(1)9;5-1-3-7-4-2-6/h;7H,1-6H2/p+1. The molecule has 0 fully saturated rings. The summed E-state index contributed by atoms with van der Waals surface area (Å²) < 4.78 is 14.9. The summed E-state index contributed by atoms with van der Waals surface area (Å²) in [7, 11) is -2.92. The molecule has 6 N–H and O–H groups in total. The molecule has 22 heavy (non-hydrogen) atoms. The fourth-order valence-electron chi connectivity index (χ4n) is 1.07. The maximum Gasteiger partial charge on any atom is 0.747 e. The maximum atomic E-state index is 10.5. The molecule has 0 radical (unpaired) electrons. The first-order valence-corrected chi connectivity index (χ1v) is 8.76. The van der Waals surface area contributed by atoms with Crippen molar-refractivity contribution in [3.8, 4) is 5.75 Å². The van der Waals surface area contributed by atoms with Crippen molar-refractivity contribution in [1.82, 2.24) is 5.32 Å². The highest BCUT2D eigenvalue weighted by Gasteiger charge is 2.27. The van der Waals surface area contributed by atoms with Gasteiger partial charge >= 0.3 is 8.25 Å². The summed E-state index contributed by atoms with van der Waals surface area (Å²) in [6.07, 6.45) is 0. The third-order valence-electron chi connectivity index (χ3n) is 1.98. The van der Waals surface area contributed by atoms with Crippen LogP contribution in [0, 0.1) is 0 Å². The van der Waals surface area contributed by atoms with Crippen LogP contribution in [0.2, 0.25) is 25.1 Å². The second kappa shape index (κ2) is 11.9. The van der Waals surface area contributed by atoms with Crippen LogP contribution in [0.3, 0.4) is 0 Å². The molecule has 0 saturated heterocycles. The van der Waals surface area contributed by atoms with Gasteiger partial charge in [0, 0.05) is 30.7 Å². The zero-order chi connectivity index (χ0) is 17.3. The third-order valence-corrected chi connectivity index (χ3v) is 4.56. The summed E-state index contributed by atoms with van der Waals surface area (Å²) in [5, 5.41) is 2.45. The zero-order valence-electron chi connectivity index (χ0n) is 11.1. The minimum Gasteiger partial charge on any atom is -0.329 e. The van der Waals surface area contributed by atoms with Crippen LogP contribution in [0.4, 0.5) is 0 Å². The molecule has 126 valence electrons. The SMILES string of the molecule is NCCNCCN.O=[P+](O)Oc1c(Cl)c(Cl)c(Cl)c(Cl)c1Cl. The van der Waals surface area contributed by atoms with Crippen molar-refractivity contribution in [2.45, 2.75) is 0 Å². The van der Waals surface area contributed by atoms with E-state index in [1.165, 1.54) is 0 Å². The highest BCUT2D eigenvalue weighted by atomic mass is 35.5. The number of rotatable bonds is 6. The Morgan fingerprint density at radius 2 is 1.27 bits per heavy atom. The summed E-state index contributed by atoms with van der Waals surface area (Å²) in [4.78, 5) is 8.56. The van der Waals surface area contributed by atoms with Crippen LogP contribution >= 0.6 is 66.3 Å². The average Bonchev–Trinajstić information content (AvgIpc) is 2.48. The Balaban J connectivity index is 0.000000534. The Morgan fingerprint density at radius 1 is 0.909 bits per heavy atom. The molecule has 1 aromatic rings. The Hall–Kier alpha value is 0.410. The lowest BCUT2D eigenvalue weighted by atomic mass is 10.3. The van der Waals surface area contributed by atoms with E-state index in [0.29, 0.717) is 13.1 Å². The lowest BCUT2D eigenvalue weighted by Crippen LogP contribution is -2.27. The lowest BCUT2D eigenvalue weighted by Gasteiger charge is -2.06. The first kappa shape index (κ1) is 22.4. The quantitative estimate of drug-likeness (QED) is 0.237. The molecule has 1 aromatic carbocycles.